The highest BCUT2D eigenvalue weighted by molar-refractivity contribution is 7.90. The van der Waals surface area contributed by atoms with E-state index in [1.54, 1.807) is 24.3 Å². The zero-order valence-corrected chi connectivity index (χ0v) is 13.9. The predicted molar refractivity (Wildman–Crippen MR) is 84.6 cm³/mol. The molecule has 4 rings (SSSR count). The normalized spacial score (nSPS) is 18.8. The number of carbonyl (C=O) groups is 2. The number of carbonyl (C=O) groups excluding carboxylic acids is 2. The number of nitrogens with zero attached hydrogens (tertiary/aromatic N) is 3. The number of nitrogens with two attached hydrogens (primary N) is 1. The van der Waals surface area contributed by atoms with Crippen LogP contribution in [0.25, 0.3) is 0 Å². The van der Waals surface area contributed by atoms with Crippen molar-refractivity contribution in [2.75, 3.05) is 0 Å². The Morgan fingerprint density at radius 2 is 1.75 bits per heavy atom. The summed E-state index contributed by atoms with van der Waals surface area (Å²) in [6, 6.07) is 6.57. The second kappa shape index (κ2) is 4.91. The quantitative estimate of drug-likeness (QED) is 0.793. The van der Waals surface area contributed by atoms with Gasteiger partial charge in [-0.15, -0.1) is 0 Å². The first-order chi connectivity index (χ1) is 11.3. The van der Waals surface area contributed by atoms with E-state index in [-0.39, 0.29) is 12.4 Å². The van der Waals surface area contributed by atoms with Gasteiger partial charge in [0, 0.05) is 0 Å². The van der Waals surface area contributed by atoms with Gasteiger partial charge in [0.1, 0.15) is 9.75 Å². The lowest BCUT2D eigenvalue weighted by atomic mass is 10.1. The van der Waals surface area contributed by atoms with E-state index in [0.29, 0.717) is 29.0 Å². The largest absolute Gasteiger partial charge is 0.269 e. The summed E-state index contributed by atoms with van der Waals surface area (Å²) in [4.78, 5) is 29.9. The van der Waals surface area contributed by atoms with Crippen LogP contribution in [0.4, 0.5) is 0 Å². The molecule has 1 saturated carbocycles. The zero-order valence-electron chi connectivity index (χ0n) is 12.3. The average Bonchev–Trinajstić information content (AvgIpc) is 3.19. The number of fused-ring (bicyclic) bond motifs is 1. The van der Waals surface area contributed by atoms with E-state index in [4.69, 9.17) is 5.14 Å². The lowest BCUT2D eigenvalue weighted by molar-refractivity contribution is 0.0638. The molecule has 1 aliphatic carbocycles. The number of sulfonamides is 1. The van der Waals surface area contributed by atoms with Crippen LogP contribution in [0.2, 0.25) is 0 Å². The van der Waals surface area contributed by atoms with Crippen molar-refractivity contribution < 1.29 is 18.0 Å². The summed E-state index contributed by atoms with van der Waals surface area (Å²) in [5.74, 6) is -0.571. The Bertz CT molecular complexity index is 943. The molecule has 24 heavy (non-hydrogen) atoms. The van der Waals surface area contributed by atoms with Crippen molar-refractivity contribution in [2.45, 2.75) is 24.1 Å². The lowest BCUT2D eigenvalue weighted by Crippen LogP contribution is -2.30. The molecule has 0 spiro atoms. The van der Waals surface area contributed by atoms with Crippen molar-refractivity contribution in [1.29, 1.82) is 0 Å². The van der Waals surface area contributed by atoms with Gasteiger partial charge in [0.05, 0.1) is 17.7 Å². The Labute approximate surface area is 141 Å². The van der Waals surface area contributed by atoms with Crippen LogP contribution in [0.3, 0.4) is 0 Å². The monoisotopic (exact) mass is 364 g/mol. The molecule has 124 valence electrons. The second-order valence-electron chi connectivity index (χ2n) is 5.80. The van der Waals surface area contributed by atoms with Crippen LogP contribution in [0.1, 0.15) is 44.4 Å². The number of rotatable bonds is 4. The standard InChI is InChI=1S/C14H12N4O4S2/c15-24(21,22)14(5-6-14)13-16-10(17-23-13)7-18-11(19)8-3-1-2-4-9(8)12(18)20/h1-4H,5-7H2,(H2,15,21,22). The summed E-state index contributed by atoms with van der Waals surface area (Å²) in [6.45, 7) is -0.0937. The van der Waals surface area contributed by atoms with Crippen LogP contribution in [0.5, 0.6) is 0 Å². The van der Waals surface area contributed by atoms with Gasteiger partial charge < -0.3 is 0 Å². The Kier molecular flexibility index (Phi) is 3.15. The van der Waals surface area contributed by atoms with Crippen molar-refractivity contribution >= 4 is 33.4 Å². The minimum atomic E-state index is -3.76. The van der Waals surface area contributed by atoms with Gasteiger partial charge in [-0.3, -0.25) is 14.5 Å². The first kappa shape index (κ1) is 15.4. The van der Waals surface area contributed by atoms with Crippen LogP contribution < -0.4 is 5.14 Å². The van der Waals surface area contributed by atoms with Crippen LogP contribution in [0.15, 0.2) is 24.3 Å². The number of hydrogen-bond acceptors (Lipinski definition) is 7. The van der Waals surface area contributed by atoms with E-state index in [0.717, 1.165) is 16.4 Å². The summed E-state index contributed by atoms with van der Waals surface area (Å²) in [6.07, 6.45) is 0.820. The highest BCUT2D eigenvalue weighted by atomic mass is 32.2. The van der Waals surface area contributed by atoms with Gasteiger partial charge >= 0.3 is 0 Å². The Morgan fingerprint density at radius 3 is 2.25 bits per heavy atom. The Morgan fingerprint density at radius 1 is 1.17 bits per heavy atom. The topological polar surface area (TPSA) is 123 Å². The molecular formula is C14H12N4O4S2. The molecular weight excluding hydrogens is 352 g/mol. The summed E-state index contributed by atoms with van der Waals surface area (Å²) in [5, 5.41) is 5.59. The van der Waals surface area contributed by atoms with E-state index in [9.17, 15) is 18.0 Å². The fourth-order valence-corrected chi connectivity index (χ4v) is 4.99. The van der Waals surface area contributed by atoms with E-state index < -0.39 is 26.6 Å². The van der Waals surface area contributed by atoms with Crippen molar-refractivity contribution in [3.63, 3.8) is 0 Å². The smallest absolute Gasteiger partial charge is 0.261 e. The molecule has 2 aliphatic rings. The first-order valence-electron chi connectivity index (χ1n) is 7.14. The number of benzene rings is 1. The third-order valence-corrected chi connectivity index (χ3v) is 7.06. The summed E-state index contributed by atoms with van der Waals surface area (Å²) in [7, 11) is -3.76. The third-order valence-electron chi connectivity index (χ3n) is 4.28. The molecule has 1 fully saturated rings. The third kappa shape index (κ3) is 2.10. The molecule has 10 heteroatoms. The minimum absolute atomic E-state index is 0.0937. The molecule has 0 radical (unpaired) electrons. The molecule has 1 aliphatic heterocycles. The van der Waals surface area contributed by atoms with E-state index >= 15 is 0 Å². The number of aromatic nitrogens is 2. The highest BCUT2D eigenvalue weighted by Crippen LogP contribution is 2.52. The average molecular weight is 364 g/mol. The molecule has 0 bridgehead atoms. The fraction of sp³-hybridized carbons (Fsp3) is 0.286. The van der Waals surface area contributed by atoms with Gasteiger partial charge in [0.15, 0.2) is 5.82 Å². The van der Waals surface area contributed by atoms with Crippen LogP contribution in [0, 0.1) is 0 Å². The molecule has 1 aromatic heterocycles. The van der Waals surface area contributed by atoms with Gasteiger partial charge in [0.25, 0.3) is 11.8 Å². The lowest BCUT2D eigenvalue weighted by Gasteiger charge is -2.11. The minimum Gasteiger partial charge on any atom is -0.269 e. The maximum atomic E-state index is 12.3. The zero-order chi connectivity index (χ0) is 17.1. The number of amides is 2. The summed E-state index contributed by atoms with van der Waals surface area (Å²) < 4.78 is 26.4. The fourth-order valence-electron chi connectivity index (χ4n) is 2.76. The first-order valence-corrected chi connectivity index (χ1v) is 9.46. The Hall–Kier alpha value is -2.17. The maximum absolute atomic E-state index is 12.3. The molecule has 8 nitrogen and oxygen atoms in total. The second-order valence-corrected chi connectivity index (χ2v) is 8.42. The molecule has 2 N–H and O–H groups in total. The molecule has 2 aromatic rings. The maximum Gasteiger partial charge on any atom is 0.261 e. The number of imide groups is 1. The van der Waals surface area contributed by atoms with Gasteiger partial charge in [-0.2, -0.15) is 4.37 Å². The van der Waals surface area contributed by atoms with Gasteiger partial charge in [-0.05, 0) is 36.5 Å². The SMILES string of the molecule is NS(=O)(=O)C1(c2nc(CN3C(=O)c4ccccc4C3=O)ns2)CC1. The molecule has 0 unspecified atom stereocenters. The molecule has 2 amide bonds. The van der Waals surface area contributed by atoms with Crippen LogP contribution in [-0.2, 0) is 21.3 Å². The predicted octanol–water partition coefficient (Wildman–Crippen LogP) is 0.612. The van der Waals surface area contributed by atoms with E-state index in [2.05, 4.69) is 9.36 Å². The number of primary sulfonamides is 1. The summed E-state index contributed by atoms with van der Waals surface area (Å²) >= 11 is 0.946. The highest BCUT2D eigenvalue weighted by Gasteiger charge is 2.57. The molecule has 1 aromatic carbocycles. The summed E-state index contributed by atoms with van der Waals surface area (Å²) in [5.41, 5.74) is 0.697. The number of hydrogen-bond donors (Lipinski definition) is 1. The van der Waals surface area contributed by atoms with Gasteiger partial charge in [0.2, 0.25) is 10.0 Å². The van der Waals surface area contributed by atoms with Crippen molar-refractivity contribution in [1.82, 2.24) is 14.3 Å². The van der Waals surface area contributed by atoms with Crippen LogP contribution in [-0.4, -0.2) is 34.5 Å². The van der Waals surface area contributed by atoms with E-state index in [1.165, 1.54) is 0 Å². The van der Waals surface area contributed by atoms with Crippen LogP contribution >= 0.6 is 11.5 Å². The molecule has 2 heterocycles. The van der Waals surface area contributed by atoms with Gasteiger partial charge in [-0.25, -0.2) is 18.5 Å². The van der Waals surface area contributed by atoms with E-state index in [1.807, 2.05) is 0 Å². The van der Waals surface area contributed by atoms with Gasteiger partial charge in [-0.1, -0.05) is 12.1 Å². The Balaban J connectivity index is 1.60. The van der Waals surface area contributed by atoms with Crippen molar-refractivity contribution in [3.05, 3.63) is 46.2 Å². The van der Waals surface area contributed by atoms with Crippen molar-refractivity contribution in [3.8, 4) is 0 Å². The molecule has 0 atom stereocenters. The molecule has 0 saturated heterocycles. The van der Waals surface area contributed by atoms with Crippen molar-refractivity contribution in [2.24, 2.45) is 5.14 Å².